The molecule has 0 spiro atoms. The van der Waals surface area contributed by atoms with Gasteiger partial charge in [0.1, 0.15) is 11.6 Å². The van der Waals surface area contributed by atoms with Gasteiger partial charge in [0, 0.05) is 17.7 Å². The molecule has 1 aromatic heterocycles. The van der Waals surface area contributed by atoms with Crippen molar-refractivity contribution in [3.8, 4) is 11.3 Å². The van der Waals surface area contributed by atoms with Crippen molar-refractivity contribution >= 4 is 5.82 Å². The summed E-state index contributed by atoms with van der Waals surface area (Å²) in [6, 6.07) is 6.47. The summed E-state index contributed by atoms with van der Waals surface area (Å²) >= 11 is 0. The molecule has 0 aliphatic rings. The van der Waals surface area contributed by atoms with Gasteiger partial charge in [-0.2, -0.15) is 0 Å². The van der Waals surface area contributed by atoms with Crippen LogP contribution < -0.4 is 5.32 Å². The molecule has 0 amide bonds. The molecule has 0 radical (unpaired) electrons. The minimum Gasteiger partial charge on any atom is -0.370 e. The molecule has 0 atom stereocenters. The summed E-state index contributed by atoms with van der Waals surface area (Å²) in [6.45, 7) is 11.2. The van der Waals surface area contributed by atoms with Crippen LogP contribution in [0.15, 0.2) is 18.2 Å². The van der Waals surface area contributed by atoms with Crippen LogP contribution in [0, 0.1) is 27.7 Å². The van der Waals surface area contributed by atoms with E-state index >= 15 is 0 Å². The number of benzene rings is 1. The van der Waals surface area contributed by atoms with Gasteiger partial charge in [-0.1, -0.05) is 17.7 Å². The molecule has 0 aliphatic heterocycles. The zero-order valence-electron chi connectivity index (χ0n) is 12.3. The van der Waals surface area contributed by atoms with Crippen LogP contribution in [0.1, 0.15) is 29.4 Å². The van der Waals surface area contributed by atoms with Crippen molar-refractivity contribution < 1.29 is 0 Å². The van der Waals surface area contributed by atoms with Crippen LogP contribution in [0.4, 0.5) is 5.82 Å². The molecule has 0 fully saturated rings. The summed E-state index contributed by atoms with van der Waals surface area (Å²) in [5, 5.41) is 3.31. The molecule has 1 N–H and O–H groups in total. The number of nitrogens with zero attached hydrogens (tertiary/aromatic N) is 2. The Hall–Kier alpha value is -1.90. The average Bonchev–Trinajstić information content (AvgIpc) is 2.37. The average molecular weight is 255 g/mol. The van der Waals surface area contributed by atoms with Crippen molar-refractivity contribution in [2.24, 2.45) is 0 Å². The summed E-state index contributed by atoms with van der Waals surface area (Å²) in [6.07, 6.45) is 0. The maximum absolute atomic E-state index is 4.64. The lowest BCUT2D eigenvalue weighted by Gasteiger charge is -2.14. The number of hydrogen-bond acceptors (Lipinski definition) is 3. The van der Waals surface area contributed by atoms with Crippen molar-refractivity contribution in [2.45, 2.75) is 34.6 Å². The summed E-state index contributed by atoms with van der Waals surface area (Å²) in [5.41, 5.74) is 5.84. The van der Waals surface area contributed by atoms with Crippen LogP contribution in [-0.4, -0.2) is 16.5 Å². The Bertz CT molecular complexity index is 603. The van der Waals surface area contributed by atoms with Gasteiger partial charge in [-0.25, -0.2) is 9.97 Å². The Morgan fingerprint density at radius 2 is 1.79 bits per heavy atom. The van der Waals surface area contributed by atoms with E-state index < -0.39 is 0 Å². The SMILES string of the molecule is CCNc1nc(C)nc(-c2cc(C)ccc2C)c1C. The molecule has 3 heteroatoms. The van der Waals surface area contributed by atoms with E-state index in [9.17, 15) is 0 Å². The molecule has 1 aromatic carbocycles. The van der Waals surface area contributed by atoms with E-state index in [1.165, 1.54) is 16.7 Å². The van der Waals surface area contributed by atoms with E-state index in [-0.39, 0.29) is 0 Å². The highest BCUT2D eigenvalue weighted by molar-refractivity contribution is 5.71. The van der Waals surface area contributed by atoms with Gasteiger partial charge in [0.05, 0.1) is 5.69 Å². The number of rotatable bonds is 3. The lowest BCUT2D eigenvalue weighted by Crippen LogP contribution is -2.06. The van der Waals surface area contributed by atoms with Crippen LogP contribution in [0.5, 0.6) is 0 Å². The van der Waals surface area contributed by atoms with E-state index in [2.05, 4.69) is 61.2 Å². The molecule has 19 heavy (non-hydrogen) atoms. The summed E-state index contributed by atoms with van der Waals surface area (Å²) in [4.78, 5) is 9.12. The first kappa shape index (κ1) is 13.5. The molecule has 0 bridgehead atoms. The minimum absolute atomic E-state index is 0.803. The van der Waals surface area contributed by atoms with E-state index in [0.29, 0.717) is 0 Å². The monoisotopic (exact) mass is 255 g/mol. The van der Waals surface area contributed by atoms with Crippen LogP contribution >= 0.6 is 0 Å². The number of nitrogens with one attached hydrogen (secondary N) is 1. The largest absolute Gasteiger partial charge is 0.370 e. The third kappa shape index (κ3) is 2.75. The molecule has 0 aliphatic carbocycles. The Balaban J connectivity index is 2.64. The smallest absolute Gasteiger partial charge is 0.133 e. The molecule has 0 unspecified atom stereocenters. The molecule has 2 aromatic rings. The first-order chi connectivity index (χ1) is 9.02. The highest BCUT2D eigenvalue weighted by Crippen LogP contribution is 2.29. The highest BCUT2D eigenvalue weighted by Gasteiger charge is 2.12. The fraction of sp³-hybridized carbons (Fsp3) is 0.375. The molecule has 2 rings (SSSR count). The number of aryl methyl sites for hydroxylation is 3. The fourth-order valence-electron chi connectivity index (χ4n) is 2.22. The second kappa shape index (κ2) is 5.39. The van der Waals surface area contributed by atoms with Crippen LogP contribution in [0.3, 0.4) is 0 Å². The van der Waals surface area contributed by atoms with E-state index in [0.717, 1.165) is 29.4 Å². The predicted octanol–water partition coefficient (Wildman–Crippen LogP) is 3.81. The van der Waals surface area contributed by atoms with Gasteiger partial charge < -0.3 is 5.32 Å². The quantitative estimate of drug-likeness (QED) is 0.906. The number of anilines is 1. The van der Waals surface area contributed by atoms with Crippen LogP contribution in [0.25, 0.3) is 11.3 Å². The van der Waals surface area contributed by atoms with Gasteiger partial charge >= 0.3 is 0 Å². The van der Waals surface area contributed by atoms with Crippen molar-refractivity contribution in [3.05, 3.63) is 40.7 Å². The Morgan fingerprint density at radius 3 is 2.47 bits per heavy atom. The van der Waals surface area contributed by atoms with Gasteiger partial charge in [-0.05, 0) is 46.2 Å². The molecular formula is C16H21N3. The van der Waals surface area contributed by atoms with Crippen LogP contribution in [0.2, 0.25) is 0 Å². The molecule has 100 valence electrons. The third-order valence-electron chi connectivity index (χ3n) is 3.25. The Labute approximate surface area is 115 Å². The fourth-order valence-corrected chi connectivity index (χ4v) is 2.22. The van der Waals surface area contributed by atoms with E-state index in [1.54, 1.807) is 0 Å². The van der Waals surface area contributed by atoms with Gasteiger partial charge in [-0.3, -0.25) is 0 Å². The first-order valence-electron chi connectivity index (χ1n) is 6.69. The lowest BCUT2D eigenvalue weighted by atomic mass is 10.00. The predicted molar refractivity (Wildman–Crippen MR) is 80.6 cm³/mol. The Kier molecular flexibility index (Phi) is 3.84. The Morgan fingerprint density at radius 1 is 1.05 bits per heavy atom. The number of hydrogen-bond donors (Lipinski definition) is 1. The third-order valence-corrected chi connectivity index (χ3v) is 3.25. The van der Waals surface area contributed by atoms with Gasteiger partial charge in [-0.15, -0.1) is 0 Å². The van der Waals surface area contributed by atoms with E-state index in [1.807, 2.05) is 6.92 Å². The minimum atomic E-state index is 0.803. The second-order valence-electron chi connectivity index (χ2n) is 4.94. The van der Waals surface area contributed by atoms with Gasteiger partial charge in [0.2, 0.25) is 0 Å². The maximum atomic E-state index is 4.64. The topological polar surface area (TPSA) is 37.8 Å². The van der Waals surface area contributed by atoms with Gasteiger partial charge in [0.25, 0.3) is 0 Å². The van der Waals surface area contributed by atoms with Crippen LogP contribution in [-0.2, 0) is 0 Å². The molecule has 0 saturated carbocycles. The van der Waals surface area contributed by atoms with Crippen molar-refractivity contribution in [1.82, 2.24) is 9.97 Å². The van der Waals surface area contributed by atoms with Crippen molar-refractivity contribution in [2.75, 3.05) is 11.9 Å². The zero-order chi connectivity index (χ0) is 14.0. The van der Waals surface area contributed by atoms with E-state index in [4.69, 9.17) is 0 Å². The standard InChI is InChI=1S/C16H21N3/c1-6-17-16-12(4)15(18-13(5)19-16)14-9-10(2)7-8-11(14)3/h7-9H,6H2,1-5H3,(H,17,18,19). The van der Waals surface area contributed by atoms with Crippen molar-refractivity contribution in [1.29, 1.82) is 0 Å². The summed E-state index contributed by atoms with van der Waals surface area (Å²) in [5.74, 6) is 1.74. The molecule has 1 heterocycles. The maximum Gasteiger partial charge on any atom is 0.133 e. The normalized spacial score (nSPS) is 10.6. The highest BCUT2D eigenvalue weighted by atomic mass is 15.0. The summed E-state index contributed by atoms with van der Waals surface area (Å²) < 4.78 is 0. The first-order valence-corrected chi connectivity index (χ1v) is 6.69. The molecule has 0 saturated heterocycles. The molecule has 3 nitrogen and oxygen atoms in total. The second-order valence-corrected chi connectivity index (χ2v) is 4.94. The van der Waals surface area contributed by atoms with Crippen molar-refractivity contribution in [3.63, 3.8) is 0 Å². The number of aromatic nitrogens is 2. The molecular weight excluding hydrogens is 234 g/mol. The van der Waals surface area contributed by atoms with Gasteiger partial charge in [0.15, 0.2) is 0 Å². The summed E-state index contributed by atoms with van der Waals surface area (Å²) in [7, 11) is 0. The lowest BCUT2D eigenvalue weighted by molar-refractivity contribution is 1.02. The zero-order valence-corrected chi connectivity index (χ0v) is 12.3.